The van der Waals surface area contributed by atoms with Gasteiger partial charge in [0, 0.05) is 5.92 Å². The van der Waals surface area contributed by atoms with Crippen molar-refractivity contribution in [3.05, 3.63) is 53.3 Å². The summed E-state index contributed by atoms with van der Waals surface area (Å²) >= 11 is 0. The van der Waals surface area contributed by atoms with Crippen LogP contribution < -0.4 is 5.19 Å². The number of rotatable bonds is 8. The molecule has 0 radical (unpaired) electrons. The largest absolute Gasteiger partial charge is 0.373 e. The van der Waals surface area contributed by atoms with Crippen molar-refractivity contribution in [1.29, 1.82) is 0 Å². The second-order valence-electron chi connectivity index (χ2n) is 8.36. The summed E-state index contributed by atoms with van der Waals surface area (Å²) in [5.41, 5.74) is 3.02. The Morgan fingerprint density at radius 1 is 1.08 bits per heavy atom. The molecule has 1 aliphatic carbocycles. The van der Waals surface area contributed by atoms with E-state index in [1.165, 1.54) is 49.3 Å². The average molecular weight is 355 g/mol. The van der Waals surface area contributed by atoms with Gasteiger partial charge in [0.05, 0.1) is 12.7 Å². The zero-order valence-corrected chi connectivity index (χ0v) is 17.3. The Morgan fingerprint density at radius 2 is 1.80 bits per heavy atom. The zero-order chi connectivity index (χ0) is 17.9. The van der Waals surface area contributed by atoms with Crippen LogP contribution in [0.25, 0.3) is 0 Å². The first kappa shape index (κ1) is 18.7. The van der Waals surface area contributed by atoms with Crippen LogP contribution in [0.5, 0.6) is 0 Å². The molecule has 25 heavy (non-hydrogen) atoms. The van der Waals surface area contributed by atoms with Crippen LogP contribution in [0.15, 0.2) is 53.3 Å². The second kappa shape index (κ2) is 8.05. The van der Waals surface area contributed by atoms with Gasteiger partial charge >= 0.3 is 0 Å². The van der Waals surface area contributed by atoms with Crippen molar-refractivity contribution < 1.29 is 4.74 Å². The van der Waals surface area contributed by atoms with E-state index >= 15 is 0 Å². The van der Waals surface area contributed by atoms with E-state index in [0.29, 0.717) is 12.0 Å². The van der Waals surface area contributed by atoms with Gasteiger partial charge in [-0.15, -0.1) is 0 Å². The molecule has 0 saturated carbocycles. The average Bonchev–Trinajstić information content (AvgIpc) is 3.17. The predicted octanol–water partition coefficient (Wildman–Crippen LogP) is 5.77. The predicted molar refractivity (Wildman–Crippen MR) is 111 cm³/mol. The molecule has 0 aromatic heterocycles. The molecule has 2 aliphatic rings. The summed E-state index contributed by atoms with van der Waals surface area (Å²) < 4.78 is 6.26. The standard InChI is InChI=1S/C23H34OSi/c1-5-6-7-8-12-15-21-23-18(2)16-22(20(23)17-24-21)25(3,4)19-13-10-9-11-14-19/h9-11,13-14,21,23H,2,5-8,12,15-17H2,1,3-4H3/t21-,23-/m1/s1. The van der Waals surface area contributed by atoms with Crippen molar-refractivity contribution in [2.45, 2.75) is 71.1 Å². The van der Waals surface area contributed by atoms with E-state index in [1.54, 1.807) is 10.8 Å². The van der Waals surface area contributed by atoms with Crippen molar-refractivity contribution in [3.63, 3.8) is 0 Å². The normalized spacial score (nSPS) is 23.4. The Hall–Kier alpha value is -1.12. The van der Waals surface area contributed by atoms with Crippen LogP contribution in [-0.2, 0) is 4.74 Å². The van der Waals surface area contributed by atoms with Gasteiger partial charge < -0.3 is 4.74 Å². The Labute approximate surface area is 155 Å². The van der Waals surface area contributed by atoms with Crippen LogP contribution in [0, 0.1) is 5.92 Å². The lowest BCUT2D eigenvalue weighted by atomic mass is 9.91. The summed E-state index contributed by atoms with van der Waals surface area (Å²) in [6.07, 6.45) is 9.42. The molecule has 0 unspecified atom stereocenters. The summed E-state index contributed by atoms with van der Waals surface area (Å²) in [7, 11) is -1.61. The first-order valence-electron chi connectivity index (χ1n) is 10.1. The van der Waals surface area contributed by atoms with E-state index in [4.69, 9.17) is 4.74 Å². The molecule has 0 N–H and O–H groups in total. The Morgan fingerprint density at radius 3 is 2.52 bits per heavy atom. The fourth-order valence-electron chi connectivity index (χ4n) is 4.69. The molecule has 3 rings (SSSR count). The van der Waals surface area contributed by atoms with Gasteiger partial charge in [0.1, 0.15) is 8.07 Å². The molecular weight excluding hydrogens is 320 g/mol. The molecule has 1 aromatic carbocycles. The molecule has 136 valence electrons. The van der Waals surface area contributed by atoms with Crippen LogP contribution in [0.2, 0.25) is 13.1 Å². The highest BCUT2D eigenvalue weighted by Gasteiger charge is 2.44. The molecule has 1 aliphatic heterocycles. The molecule has 1 saturated heterocycles. The van der Waals surface area contributed by atoms with Gasteiger partial charge in [-0.05, 0) is 18.4 Å². The van der Waals surface area contributed by atoms with E-state index in [9.17, 15) is 0 Å². The fraction of sp³-hybridized carbons (Fsp3) is 0.565. The Balaban J connectivity index is 1.72. The Bertz CT molecular complexity index is 629. The third kappa shape index (κ3) is 3.85. The number of ether oxygens (including phenoxy) is 1. The van der Waals surface area contributed by atoms with Gasteiger partial charge in [-0.25, -0.2) is 0 Å². The molecule has 1 heterocycles. The lowest BCUT2D eigenvalue weighted by molar-refractivity contribution is 0.0877. The van der Waals surface area contributed by atoms with Gasteiger partial charge in [-0.2, -0.15) is 0 Å². The minimum absolute atomic E-state index is 0.391. The van der Waals surface area contributed by atoms with Gasteiger partial charge in [-0.3, -0.25) is 0 Å². The molecule has 2 heteroatoms. The highest BCUT2D eigenvalue weighted by Crippen LogP contribution is 2.47. The van der Waals surface area contributed by atoms with Crippen LogP contribution in [-0.4, -0.2) is 20.8 Å². The molecule has 1 fully saturated rings. The highest BCUT2D eigenvalue weighted by molar-refractivity contribution is 6.95. The van der Waals surface area contributed by atoms with E-state index in [-0.39, 0.29) is 0 Å². The maximum absolute atomic E-state index is 6.26. The van der Waals surface area contributed by atoms with E-state index in [1.807, 2.05) is 0 Å². The summed E-state index contributed by atoms with van der Waals surface area (Å²) in [5.74, 6) is 0.511. The lowest BCUT2D eigenvalue weighted by Gasteiger charge is -2.26. The second-order valence-corrected chi connectivity index (χ2v) is 12.8. The van der Waals surface area contributed by atoms with Crippen LogP contribution in [0.3, 0.4) is 0 Å². The summed E-state index contributed by atoms with van der Waals surface area (Å²) in [6.45, 7) is 12.6. The van der Waals surface area contributed by atoms with Crippen molar-refractivity contribution in [2.24, 2.45) is 5.92 Å². The number of hydrogen-bond donors (Lipinski definition) is 0. The Kier molecular flexibility index (Phi) is 6.01. The zero-order valence-electron chi connectivity index (χ0n) is 16.3. The van der Waals surface area contributed by atoms with Gasteiger partial charge in [0.15, 0.2) is 0 Å². The lowest BCUT2D eigenvalue weighted by Crippen LogP contribution is -2.44. The first-order chi connectivity index (χ1) is 12.1. The van der Waals surface area contributed by atoms with Gasteiger partial charge in [0.25, 0.3) is 0 Å². The third-order valence-electron chi connectivity index (χ3n) is 6.27. The molecule has 1 aromatic rings. The molecule has 1 nitrogen and oxygen atoms in total. The smallest absolute Gasteiger partial charge is 0.108 e. The van der Waals surface area contributed by atoms with E-state index in [2.05, 4.69) is 56.9 Å². The van der Waals surface area contributed by atoms with Crippen LogP contribution in [0.4, 0.5) is 0 Å². The summed E-state index contributed by atoms with van der Waals surface area (Å²) in [6, 6.07) is 11.1. The van der Waals surface area contributed by atoms with E-state index < -0.39 is 8.07 Å². The number of unbranched alkanes of at least 4 members (excludes halogenated alkanes) is 4. The number of fused-ring (bicyclic) bond motifs is 1. The maximum atomic E-state index is 6.26. The minimum Gasteiger partial charge on any atom is -0.373 e. The summed E-state index contributed by atoms with van der Waals surface area (Å²) in [4.78, 5) is 0. The summed E-state index contributed by atoms with van der Waals surface area (Å²) in [5, 5.41) is 3.23. The molecule has 2 atom stereocenters. The van der Waals surface area contributed by atoms with Crippen molar-refractivity contribution in [3.8, 4) is 0 Å². The van der Waals surface area contributed by atoms with Crippen LogP contribution in [0.1, 0.15) is 51.9 Å². The van der Waals surface area contributed by atoms with Crippen molar-refractivity contribution >= 4 is 13.3 Å². The van der Waals surface area contributed by atoms with E-state index in [0.717, 1.165) is 13.0 Å². The SMILES string of the molecule is C=C1CC([Si](C)(C)c2ccccc2)=C2CO[C@H](CCCCCCC)[C@H]12. The molecular formula is C23H34OSi. The van der Waals surface area contributed by atoms with Gasteiger partial charge in [0.2, 0.25) is 0 Å². The monoisotopic (exact) mass is 354 g/mol. The first-order valence-corrected chi connectivity index (χ1v) is 13.1. The maximum Gasteiger partial charge on any atom is 0.108 e. The van der Waals surface area contributed by atoms with Crippen LogP contribution >= 0.6 is 0 Å². The van der Waals surface area contributed by atoms with Gasteiger partial charge in [-0.1, -0.05) is 105 Å². The quantitative estimate of drug-likeness (QED) is 0.327. The number of allylic oxidation sites excluding steroid dienone is 1. The number of benzene rings is 1. The highest BCUT2D eigenvalue weighted by atomic mass is 28.3. The third-order valence-corrected chi connectivity index (χ3v) is 10.1. The molecule has 0 spiro atoms. The minimum atomic E-state index is -1.61. The number of hydrogen-bond acceptors (Lipinski definition) is 1. The van der Waals surface area contributed by atoms with Crippen molar-refractivity contribution in [1.82, 2.24) is 0 Å². The molecule has 0 bridgehead atoms. The van der Waals surface area contributed by atoms with Crippen molar-refractivity contribution in [2.75, 3.05) is 6.61 Å². The topological polar surface area (TPSA) is 9.23 Å². The molecule has 0 amide bonds. The fourth-order valence-corrected chi connectivity index (χ4v) is 7.77.